The molecule has 3 aromatic rings. The molecule has 0 bridgehead atoms. The van der Waals surface area contributed by atoms with E-state index in [1.54, 1.807) is 20.3 Å². The van der Waals surface area contributed by atoms with Crippen molar-refractivity contribution in [1.29, 1.82) is 0 Å². The number of nitrogens with one attached hydrogen (secondary N) is 2. The Morgan fingerprint density at radius 3 is 2.36 bits per heavy atom. The number of rotatable bonds is 6. The van der Waals surface area contributed by atoms with Gasteiger partial charge in [-0.15, -0.1) is 0 Å². The molecule has 3 aromatic carbocycles. The monoisotopic (exact) mass is 476 g/mol. The zero-order valence-corrected chi connectivity index (χ0v) is 18.9. The summed E-state index contributed by atoms with van der Waals surface area (Å²) in [5.74, 6) is 1.27. The third kappa shape index (κ3) is 5.20. The highest BCUT2D eigenvalue weighted by Crippen LogP contribution is 2.39. The summed E-state index contributed by atoms with van der Waals surface area (Å²) in [6, 6.07) is 16.6. The molecule has 2 atom stereocenters. The maximum atomic E-state index is 13.1. The van der Waals surface area contributed by atoms with E-state index < -0.39 is 11.7 Å². The highest BCUT2D eigenvalue weighted by atomic mass is 35.5. The first-order valence-corrected chi connectivity index (χ1v) is 10.8. The van der Waals surface area contributed by atoms with Crippen LogP contribution in [0.2, 0.25) is 5.02 Å². The summed E-state index contributed by atoms with van der Waals surface area (Å²) in [6.07, 6.45) is -3.71. The first-order chi connectivity index (χ1) is 15.8. The number of alkyl halides is 3. The van der Waals surface area contributed by atoms with E-state index in [1.165, 1.54) is 6.07 Å². The van der Waals surface area contributed by atoms with Crippen LogP contribution >= 0.6 is 11.6 Å². The normalized spacial score (nSPS) is 17.9. The molecule has 0 amide bonds. The Bertz CT molecular complexity index is 1120. The summed E-state index contributed by atoms with van der Waals surface area (Å²) >= 11 is 6.08. The number of fused-ring (bicyclic) bond motifs is 1. The highest BCUT2D eigenvalue weighted by molar-refractivity contribution is 6.30. The van der Waals surface area contributed by atoms with Gasteiger partial charge in [0.25, 0.3) is 0 Å². The van der Waals surface area contributed by atoms with Crippen LogP contribution in [0, 0.1) is 0 Å². The van der Waals surface area contributed by atoms with Crippen molar-refractivity contribution in [3.8, 4) is 11.5 Å². The van der Waals surface area contributed by atoms with Gasteiger partial charge in [0.2, 0.25) is 0 Å². The van der Waals surface area contributed by atoms with E-state index in [1.807, 2.05) is 36.4 Å². The smallest absolute Gasteiger partial charge is 0.416 e. The third-order valence-corrected chi connectivity index (χ3v) is 6.02. The van der Waals surface area contributed by atoms with Gasteiger partial charge in [0.15, 0.2) is 11.5 Å². The van der Waals surface area contributed by atoms with Crippen LogP contribution in [-0.4, -0.2) is 26.8 Å². The fourth-order valence-electron chi connectivity index (χ4n) is 4.14. The molecule has 0 radical (unpaired) electrons. The van der Waals surface area contributed by atoms with Crippen LogP contribution in [0.15, 0.2) is 60.7 Å². The van der Waals surface area contributed by atoms with Crippen LogP contribution in [0.4, 0.5) is 18.9 Å². The maximum Gasteiger partial charge on any atom is 0.416 e. The average molecular weight is 477 g/mol. The van der Waals surface area contributed by atoms with E-state index in [2.05, 4.69) is 10.6 Å². The molecule has 0 fully saturated rings. The summed E-state index contributed by atoms with van der Waals surface area (Å²) in [5.41, 5.74) is 2.92. The quantitative estimate of drug-likeness (QED) is 0.451. The van der Waals surface area contributed by atoms with Crippen molar-refractivity contribution in [2.24, 2.45) is 0 Å². The van der Waals surface area contributed by atoms with Crippen molar-refractivity contribution in [2.45, 2.75) is 24.7 Å². The molecule has 174 valence electrons. The number of halogens is 4. The Kier molecular flexibility index (Phi) is 6.72. The topological polar surface area (TPSA) is 42.5 Å². The Morgan fingerprint density at radius 1 is 1.00 bits per heavy atom. The summed E-state index contributed by atoms with van der Waals surface area (Å²) in [7, 11) is 3.19. The van der Waals surface area contributed by atoms with E-state index in [9.17, 15) is 13.2 Å². The van der Waals surface area contributed by atoms with Crippen LogP contribution in [0.25, 0.3) is 0 Å². The number of benzene rings is 3. The lowest BCUT2D eigenvalue weighted by Crippen LogP contribution is -2.44. The zero-order valence-electron chi connectivity index (χ0n) is 18.2. The predicted molar refractivity (Wildman–Crippen MR) is 123 cm³/mol. The van der Waals surface area contributed by atoms with Gasteiger partial charge in [-0.05, 0) is 65.6 Å². The molecule has 1 heterocycles. The van der Waals surface area contributed by atoms with Crippen LogP contribution in [0.3, 0.4) is 0 Å². The van der Waals surface area contributed by atoms with Crippen molar-refractivity contribution in [1.82, 2.24) is 5.32 Å². The van der Waals surface area contributed by atoms with Crippen LogP contribution in [-0.2, 0) is 12.6 Å². The van der Waals surface area contributed by atoms with Gasteiger partial charge >= 0.3 is 6.18 Å². The van der Waals surface area contributed by atoms with Crippen molar-refractivity contribution in [2.75, 3.05) is 26.1 Å². The van der Waals surface area contributed by atoms with E-state index in [0.717, 1.165) is 28.8 Å². The van der Waals surface area contributed by atoms with Crippen LogP contribution in [0.5, 0.6) is 11.5 Å². The molecular formula is C25H24ClF3N2O2. The van der Waals surface area contributed by atoms with Gasteiger partial charge in [-0.3, -0.25) is 0 Å². The van der Waals surface area contributed by atoms with Gasteiger partial charge < -0.3 is 20.1 Å². The van der Waals surface area contributed by atoms with Gasteiger partial charge in [0.05, 0.1) is 25.8 Å². The van der Waals surface area contributed by atoms with Gasteiger partial charge in [0, 0.05) is 23.3 Å². The lowest BCUT2D eigenvalue weighted by atomic mass is 9.86. The molecule has 8 heteroatoms. The summed E-state index contributed by atoms with van der Waals surface area (Å²) in [4.78, 5) is 0. The van der Waals surface area contributed by atoms with Gasteiger partial charge in [-0.25, -0.2) is 0 Å². The summed E-state index contributed by atoms with van der Waals surface area (Å²) < 4.78 is 50.2. The fraction of sp³-hybridized carbons (Fsp3) is 0.280. The lowest BCUT2D eigenvalue weighted by molar-refractivity contribution is -0.137. The maximum absolute atomic E-state index is 13.1. The molecule has 4 rings (SSSR count). The summed E-state index contributed by atoms with van der Waals surface area (Å²) in [5, 5.41) is 7.42. The minimum atomic E-state index is -4.38. The molecule has 1 aliphatic heterocycles. The largest absolute Gasteiger partial charge is 0.493 e. The number of methoxy groups -OCH3 is 2. The van der Waals surface area contributed by atoms with E-state index in [-0.39, 0.29) is 12.1 Å². The van der Waals surface area contributed by atoms with Gasteiger partial charge in [-0.2, -0.15) is 13.2 Å². The zero-order chi connectivity index (χ0) is 23.6. The molecule has 0 unspecified atom stereocenters. The number of anilines is 1. The van der Waals surface area contributed by atoms with Crippen molar-refractivity contribution >= 4 is 17.3 Å². The Hall–Kier alpha value is -2.90. The van der Waals surface area contributed by atoms with Crippen molar-refractivity contribution < 1.29 is 22.6 Å². The summed E-state index contributed by atoms with van der Waals surface area (Å²) in [6.45, 7) is 0.444. The lowest BCUT2D eigenvalue weighted by Gasteiger charge is -2.34. The molecule has 2 N–H and O–H groups in total. The Balaban J connectivity index is 1.62. The minimum Gasteiger partial charge on any atom is -0.493 e. The number of hydrogen-bond acceptors (Lipinski definition) is 4. The predicted octanol–water partition coefficient (Wildman–Crippen LogP) is 6.09. The molecule has 0 saturated heterocycles. The molecule has 0 spiro atoms. The molecule has 0 aliphatic carbocycles. The molecule has 0 aromatic heterocycles. The first-order valence-electron chi connectivity index (χ1n) is 10.5. The van der Waals surface area contributed by atoms with Crippen LogP contribution in [0.1, 0.15) is 28.3 Å². The first kappa shape index (κ1) is 23.3. The Morgan fingerprint density at radius 2 is 1.70 bits per heavy atom. The molecule has 0 saturated carbocycles. The van der Waals surface area contributed by atoms with Gasteiger partial charge in [0.1, 0.15) is 0 Å². The average Bonchev–Trinajstić information content (AvgIpc) is 2.81. The Labute approximate surface area is 195 Å². The van der Waals surface area contributed by atoms with Crippen molar-refractivity contribution in [3.05, 3.63) is 87.9 Å². The molecule has 4 nitrogen and oxygen atoms in total. The number of ether oxygens (including phenoxy) is 2. The van der Waals surface area contributed by atoms with E-state index in [0.29, 0.717) is 35.2 Å². The van der Waals surface area contributed by atoms with E-state index in [4.69, 9.17) is 21.1 Å². The van der Waals surface area contributed by atoms with Gasteiger partial charge in [-0.1, -0.05) is 29.8 Å². The fourth-order valence-corrected chi connectivity index (χ4v) is 4.27. The van der Waals surface area contributed by atoms with E-state index >= 15 is 0 Å². The number of hydrogen-bond donors (Lipinski definition) is 2. The molecule has 1 aliphatic rings. The van der Waals surface area contributed by atoms with Crippen LogP contribution < -0.4 is 20.1 Å². The molecule has 33 heavy (non-hydrogen) atoms. The second-order valence-corrected chi connectivity index (χ2v) is 8.35. The van der Waals surface area contributed by atoms with Crippen molar-refractivity contribution in [3.63, 3.8) is 0 Å². The standard InChI is InChI=1S/C25H24ClF3N2O2/c1-32-22-11-16-10-20(14-30-19-5-3-4-17(12-19)25(27,28)29)31-24(21(16)13-23(22)33-2)15-6-8-18(26)9-7-15/h3-9,11-13,20,24,30-31H,10,14H2,1-2H3/t20-,24-/m0/s1. The second kappa shape index (κ2) is 9.53. The second-order valence-electron chi connectivity index (χ2n) is 7.92. The molecular weight excluding hydrogens is 453 g/mol. The third-order valence-electron chi connectivity index (χ3n) is 5.77. The SMILES string of the molecule is COc1cc2c(cc1OC)[C@H](c1ccc(Cl)cc1)N[C@H](CNc1cccc(C(F)(F)F)c1)C2. The highest BCUT2D eigenvalue weighted by Gasteiger charge is 2.31. The minimum absolute atomic E-state index is 0.0363.